The van der Waals surface area contributed by atoms with Crippen molar-refractivity contribution < 1.29 is 24.2 Å². The SMILES string of the molecule is CCOC(=O)Nc1ccc(C(=O)N2CCN(C(=O)O)CC2)cc1. The minimum Gasteiger partial charge on any atom is -0.465 e. The topological polar surface area (TPSA) is 99.2 Å². The molecule has 23 heavy (non-hydrogen) atoms. The van der Waals surface area contributed by atoms with Gasteiger partial charge in [0.25, 0.3) is 5.91 Å². The van der Waals surface area contributed by atoms with E-state index < -0.39 is 12.2 Å². The Hall–Kier alpha value is -2.77. The zero-order chi connectivity index (χ0) is 16.8. The predicted octanol–water partition coefficient (Wildman–Crippen LogP) is 1.69. The number of piperazine rings is 1. The molecule has 2 N–H and O–H groups in total. The van der Waals surface area contributed by atoms with Crippen LogP contribution in [0.4, 0.5) is 15.3 Å². The molecule has 0 bridgehead atoms. The molecule has 1 aromatic carbocycles. The van der Waals surface area contributed by atoms with Crippen molar-refractivity contribution in [1.29, 1.82) is 0 Å². The van der Waals surface area contributed by atoms with Gasteiger partial charge in [-0.25, -0.2) is 9.59 Å². The first kappa shape index (κ1) is 16.6. The van der Waals surface area contributed by atoms with Gasteiger partial charge in [-0.15, -0.1) is 0 Å². The summed E-state index contributed by atoms with van der Waals surface area (Å²) in [4.78, 5) is 37.4. The van der Waals surface area contributed by atoms with Crippen molar-refractivity contribution in [2.45, 2.75) is 6.92 Å². The molecular formula is C15H19N3O5. The van der Waals surface area contributed by atoms with Crippen LogP contribution in [0.2, 0.25) is 0 Å². The van der Waals surface area contributed by atoms with Gasteiger partial charge in [0.15, 0.2) is 0 Å². The zero-order valence-electron chi connectivity index (χ0n) is 12.8. The van der Waals surface area contributed by atoms with Crippen LogP contribution in [0.1, 0.15) is 17.3 Å². The van der Waals surface area contributed by atoms with Crippen molar-refractivity contribution >= 4 is 23.8 Å². The third-order valence-corrected chi connectivity index (χ3v) is 3.49. The number of amides is 3. The molecule has 0 saturated carbocycles. The van der Waals surface area contributed by atoms with Crippen LogP contribution < -0.4 is 5.32 Å². The van der Waals surface area contributed by atoms with Gasteiger partial charge < -0.3 is 19.6 Å². The molecule has 0 unspecified atom stereocenters. The molecule has 0 atom stereocenters. The Bertz CT molecular complexity index is 579. The number of hydrogen-bond donors (Lipinski definition) is 2. The summed E-state index contributed by atoms with van der Waals surface area (Å²) in [5, 5.41) is 11.4. The maximum atomic E-state index is 12.4. The Labute approximate surface area is 133 Å². The lowest BCUT2D eigenvalue weighted by atomic mass is 10.1. The normalized spacial score (nSPS) is 14.3. The van der Waals surface area contributed by atoms with Gasteiger partial charge in [-0.1, -0.05) is 0 Å². The molecule has 3 amide bonds. The highest BCUT2D eigenvalue weighted by atomic mass is 16.5. The molecule has 1 saturated heterocycles. The Morgan fingerprint density at radius 1 is 1.09 bits per heavy atom. The lowest BCUT2D eigenvalue weighted by Crippen LogP contribution is -2.50. The van der Waals surface area contributed by atoms with Crippen LogP contribution in [0.3, 0.4) is 0 Å². The molecule has 8 nitrogen and oxygen atoms in total. The highest BCUT2D eigenvalue weighted by molar-refractivity contribution is 5.95. The van der Waals surface area contributed by atoms with E-state index in [4.69, 9.17) is 9.84 Å². The third-order valence-electron chi connectivity index (χ3n) is 3.49. The van der Waals surface area contributed by atoms with E-state index in [2.05, 4.69) is 5.32 Å². The summed E-state index contributed by atoms with van der Waals surface area (Å²) >= 11 is 0. The van der Waals surface area contributed by atoms with Crippen LogP contribution in [0, 0.1) is 0 Å². The first-order valence-corrected chi connectivity index (χ1v) is 7.32. The number of nitrogens with zero attached hydrogens (tertiary/aromatic N) is 2. The van der Waals surface area contributed by atoms with Crippen LogP contribution in [-0.4, -0.2) is 65.8 Å². The molecule has 1 aliphatic heterocycles. The first-order valence-electron chi connectivity index (χ1n) is 7.32. The summed E-state index contributed by atoms with van der Waals surface area (Å²) in [6.45, 7) is 3.35. The average Bonchev–Trinajstić information content (AvgIpc) is 2.55. The van der Waals surface area contributed by atoms with E-state index in [0.717, 1.165) is 0 Å². The summed E-state index contributed by atoms with van der Waals surface area (Å²) in [6.07, 6.45) is -1.51. The molecule has 8 heteroatoms. The zero-order valence-corrected chi connectivity index (χ0v) is 12.8. The molecule has 124 valence electrons. The van der Waals surface area contributed by atoms with Crippen molar-refractivity contribution in [2.75, 3.05) is 38.1 Å². The Balaban J connectivity index is 1.93. The van der Waals surface area contributed by atoms with Crippen LogP contribution in [0.25, 0.3) is 0 Å². The Morgan fingerprint density at radius 3 is 2.17 bits per heavy atom. The van der Waals surface area contributed by atoms with Gasteiger partial charge in [0, 0.05) is 37.4 Å². The summed E-state index contributed by atoms with van der Waals surface area (Å²) < 4.78 is 4.77. The molecule has 2 rings (SSSR count). The number of anilines is 1. The molecule has 1 fully saturated rings. The standard InChI is InChI=1S/C15H19N3O5/c1-2-23-14(20)16-12-5-3-11(4-6-12)13(19)17-7-9-18(10-8-17)15(21)22/h3-6H,2,7-10H2,1H3,(H,16,20)(H,21,22). The number of ether oxygens (including phenoxy) is 1. The van der Waals surface area contributed by atoms with Gasteiger partial charge in [0.1, 0.15) is 0 Å². The fraction of sp³-hybridized carbons (Fsp3) is 0.400. The minimum atomic E-state index is -0.966. The van der Waals surface area contributed by atoms with E-state index in [-0.39, 0.29) is 12.5 Å². The van der Waals surface area contributed by atoms with Crippen LogP contribution in [-0.2, 0) is 4.74 Å². The number of rotatable bonds is 3. The van der Waals surface area contributed by atoms with E-state index in [9.17, 15) is 14.4 Å². The monoisotopic (exact) mass is 321 g/mol. The minimum absolute atomic E-state index is 0.155. The van der Waals surface area contributed by atoms with Crippen LogP contribution in [0.15, 0.2) is 24.3 Å². The second kappa shape index (κ2) is 7.48. The smallest absolute Gasteiger partial charge is 0.411 e. The summed E-state index contributed by atoms with van der Waals surface area (Å²) in [6, 6.07) is 6.48. The molecule has 1 heterocycles. The van der Waals surface area contributed by atoms with E-state index in [1.54, 1.807) is 36.1 Å². The number of hydrogen-bond acceptors (Lipinski definition) is 4. The van der Waals surface area contributed by atoms with Gasteiger partial charge in [-0.3, -0.25) is 10.1 Å². The molecular weight excluding hydrogens is 302 g/mol. The van der Waals surface area contributed by atoms with E-state index in [1.165, 1.54) is 4.90 Å². The van der Waals surface area contributed by atoms with Crippen molar-refractivity contribution in [3.05, 3.63) is 29.8 Å². The average molecular weight is 321 g/mol. The highest BCUT2D eigenvalue weighted by Crippen LogP contribution is 2.13. The number of carbonyl (C=O) groups is 3. The van der Waals surface area contributed by atoms with Gasteiger partial charge in [0.05, 0.1) is 6.61 Å². The van der Waals surface area contributed by atoms with E-state index in [0.29, 0.717) is 37.4 Å². The lowest BCUT2D eigenvalue weighted by Gasteiger charge is -2.33. The quantitative estimate of drug-likeness (QED) is 0.882. The fourth-order valence-corrected chi connectivity index (χ4v) is 2.26. The maximum absolute atomic E-state index is 12.4. The largest absolute Gasteiger partial charge is 0.465 e. The van der Waals surface area contributed by atoms with Crippen LogP contribution in [0.5, 0.6) is 0 Å². The molecule has 0 radical (unpaired) electrons. The highest BCUT2D eigenvalue weighted by Gasteiger charge is 2.24. The summed E-state index contributed by atoms with van der Waals surface area (Å²) in [5.74, 6) is -0.155. The van der Waals surface area contributed by atoms with Crippen molar-refractivity contribution in [3.8, 4) is 0 Å². The second-order valence-corrected chi connectivity index (χ2v) is 4.98. The fourth-order valence-electron chi connectivity index (χ4n) is 2.26. The third kappa shape index (κ3) is 4.35. The Morgan fingerprint density at radius 2 is 1.65 bits per heavy atom. The number of carbonyl (C=O) groups excluding carboxylic acids is 2. The van der Waals surface area contributed by atoms with Crippen molar-refractivity contribution in [2.24, 2.45) is 0 Å². The van der Waals surface area contributed by atoms with Crippen molar-refractivity contribution in [1.82, 2.24) is 9.80 Å². The molecule has 1 aliphatic rings. The van der Waals surface area contributed by atoms with Gasteiger partial charge in [-0.2, -0.15) is 0 Å². The number of nitrogens with one attached hydrogen (secondary N) is 1. The van der Waals surface area contributed by atoms with Gasteiger partial charge in [-0.05, 0) is 31.2 Å². The maximum Gasteiger partial charge on any atom is 0.411 e. The van der Waals surface area contributed by atoms with Crippen molar-refractivity contribution in [3.63, 3.8) is 0 Å². The molecule has 0 spiro atoms. The second-order valence-electron chi connectivity index (χ2n) is 4.98. The van der Waals surface area contributed by atoms with Gasteiger partial charge >= 0.3 is 12.2 Å². The molecule has 0 aromatic heterocycles. The summed E-state index contributed by atoms with van der Waals surface area (Å²) in [7, 11) is 0. The first-order chi connectivity index (χ1) is 11.0. The predicted molar refractivity (Wildman–Crippen MR) is 82.6 cm³/mol. The van der Waals surface area contributed by atoms with E-state index >= 15 is 0 Å². The lowest BCUT2D eigenvalue weighted by molar-refractivity contribution is 0.0625. The molecule has 1 aromatic rings. The Kier molecular flexibility index (Phi) is 5.40. The van der Waals surface area contributed by atoms with Gasteiger partial charge in [0.2, 0.25) is 0 Å². The number of benzene rings is 1. The summed E-state index contributed by atoms with van der Waals surface area (Å²) in [5.41, 5.74) is 1.03. The van der Waals surface area contributed by atoms with Crippen LogP contribution >= 0.6 is 0 Å². The van der Waals surface area contributed by atoms with E-state index in [1.807, 2.05) is 0 Å². The molecule has 0 aliphatic carbocycles. The number of carboxylic acid groups (broad SMARTS) is 1.